The van der Waals surface area contributed by atoms with Crippen LogP contribution in [0.3, 0.4) is 0 Å². The van der Waals surface area contributed by atoms with Crippen LogP contribution < -0.4 is 9.47 Å². The van der Waals surface area contributed by atoms with Crippen molar-refractivity contribution in [1.82, 2.24) is 15.1 Å². The number of hydrogen-bond acceptors (Lipinski definition) is 6. The van der Waals surface area contributed by atoms with Crippen LogP contribution in [0, 0.1) is 0 Å². The first-order valence-electron chi connectivity index (χ1n) is 9.06. The van der Waals surface area contributed by atoms with Crippen molar-refractivity contribution in [2.45, 2.75) is 25.9 Å². The lowest BCUT2D eigenvalue weighted by Gasteiger charge is -2.28. The zero-order chi connectivity index (χ0) is 18.6. The molecule has 0 saturated heterocycles. The first-order chi connectivity index (χ1) is 13.2. The van der Waals surface area contributed by atoms with Gasteiger partial charge in [-0.2, -0.15) is 0 Å². The van der Waals surface area contributed by atoms with E-state index >= 15 is 0 Å². The Balaban J connectivity index is 1.43. The molecule has 0 fully saturated rings. The minimum atomic E-state index is 0.648. The molecular formula is C21H23N3O3. The molecule has 0 spiro atoms. The van der Waals surface area contributed by atoms with Crippen LogP contribution in [0.15, 0.2) is 46.9 Å². The minimum Gasteiger partial charge on any atom is -0.493 e. The highest BCUT2D eigenvalue weighted by atomic mass is 16.5. The number of ether oxygens (including phenoxy) is 2. The molecule has 0 radical (unpaired) electrons. The van der Waals surface area contributed by atoms with Gasteiger partial charge in [-0.25, -0.2) is 0 Å². The van der Waals surface area contributed by atoms with Crippen LogP contribution in [-0.4, -0.2) is 35.9 Å². The molecule has 140 valence electrons. The smallest absolute Gasteiger partial charge is 0.230 e. The molecule has 2 aromatic carbocycles. The van der Waals surface area contributed by atoms with Crippen molar-refractivity contribution in [2.75, 3.05) is 20.8 Å². The van der Waals surface area contributed by atoms with Gasteiger partial charge in [0, 0.05) is 13.1 Å². The van der Waals surface area contributed by atoms with Crippen molar-refractivity contribution in [3.05, 3.63) is 70.9 Å². The molecule has 0 amide bonds. The maximum atomic E-state index is 5.85. The summed E-state index contributed by atoms with van der Waals surface area (Å²) in [5, 5.41) is 8.41. The predicted octanol–water partition coefficient (Wildman–Crippen LogP) is 3.24. The molecule has 0 N–H and O–H groups in total. The monoisotopic (exact) mass is 365 g/mol. The van der Waals surface area contributed by atoms with Crippen molar-refractivity contribution < 1.29 is 13.9 Å². The second-order valence-electron chi connectivity index (χ2n) is 6.69. The number of nitrogens with zero attached hydrogens (tertiary/aromatic N) is 3. The van der Waals surface area contributed by atoms with Crippen molar-refractivity contribution in [1.29, 1.82) is 0 Å². The van der Waals surface area contributed by atoms with Crippen molar-refractivity contribution >= 4 is 0 Å². The number of rotatable bonds is 6. The van der Waals surface area contributed by atoms with Crippen molar-refractivity contribution in [2.24, 2.45) is 0 Å². The summed E-state index contributed by atoms with van der Waals surface area (Å²) in [5.41, 5.74) is 3.72. The zero-order valence-corrected chi connectivity index (χ0v) is 15.6. The van der Waals surface area contributed by atoms with Crippen LogP contribution in [-0.2, 0) is 25.9 Å². The van der Waals surface area contributed by atoms with E-state index in [1.54, 1.807) is 14.2 Å². The summed E-state index contributed by atoms with van der Waals surface area (Å²) in [5.74, 6) is 2.86. The molecule has 1 aromatic heterocycles. The van der Waals surface area contributed by atoms with Gasteiger partial charge in [0.15, 0.2) is 11.5 Å². The number of fused-ring (bicyclic) bond motifs is 1. The van der Waals surface area contributed by atoms with E-state index < -0.39 is 0 Å². The van der Waals surface area contributed by atoms with Gasteiger partial charge in [-0.3, -0.25) is 4.90 Å². The van der Waals surface area contributed by atoms with Gasteiger partial charge in [0.2, 0.25) is 11.8 Å². The third kappa shape index (κ3) is 3.95. The zero-order valence-electron chi connectivity index (χ0n) is 15.6. The van der Waals surface area contributed by atoms with Gasteiger partial charge in [0.25, 0.3) is 0 Å². The van der Waals surface area contributed by atoms with Crippen LogP contribution in [0.1, 0.15) is 28.5 Å². The Kier molecular flexibility index (Phi) is 5.07. The van der Waals surface area contributed by atoms with E-state index in [1.807, 2.05) is 18.2 Å². The second-order valence-corrected chi connectivity index (χ2v) is 6.69. The third-order valence-corrected chi connectivity index (χ3v) is 4.86. The SMILES string of the molecule is COc1cc2c(cc1OC)CN(Cc1nnc(Cc3ccccc3)o1)CC2. The third-order valence-electron chi connectivity index (χ3n) is 4.86. The summed E-state index contributed by atoms with van der Waals surface area (Å²) in [6.07, 6.45) is 1.62. The lowest BCUT2D eigenvalue weighted by atomic mass is 9.99. The van der Waals surface area contributed by atoms with Gasteiger partial charge in [-0.1, -0.05) is 30.3 Å². The first kappa shape index (κ1) is 17.5. The van der Waals surface area contributed by atoms with E-state index in [4.69, 9.17) is 13.9 Å². The lowest BCUT2D eigenvalue weighted by molar-refractivity contribution is 0.218. The highest BCUT2D eigenvalue weighted by Gasteiger charge is 2.21. The predicted molar refractivity (Wildman–Crippen MR) is 101 cm³/mol. The highest BCUT2D eigenvalue weighted by Crippen LogP contribution is 2.33. The van der Waals surface area contributed by atoms with E-state index in [9.17, 15) is 0 Å². The first-order valence-corrected chi connectivity index (χ1v) is 9.06. The number of aromatic nitrogens is 2. The molecule has 0 aliphatic carbocycles. The molecular weight excluding hydrogens is 342 g/mol. The van der Waals surface area contributed by atoms with Gasteiger partial charge in [0.1, 0.15) is 0 Å². The summed E-state index contributed by atoms with van der Waals surface area (Å²) < 4.78 is 16.7. The van der Waals surface area contributed by atoms with E-state index in [0.717, 1.165) is 31.0 Å². The van der Waals surface area contributed by atoms with Crippen LogP contribution in [0.5, 0.6) is 11.5 Å². The molecule has 0 unspecified atom stereocenters. The number of benzene rings is 2. The highest BCUT2D eigenvalue weighted by molar-refractivity contribution is 5.48. The standard InChI is InChI=1S/C21H23N3O3/c1-25-18-11-16-8-9-24(13-17(16)12-19(18)26-2)14-21-23-22-20(27-21)10-15-6-4-3-5-7-15/h3-7,11-12H,8-10,13-14H2,1-2H3. The average molecular weight is 365 g/mol. The van der Waals surface area contributed by atoms with Gasteiger partial charge >= 0.3 is 0 Å². The summed E-state index contributed by atoms with van der Waals surface area (Å²) in [7, 11) is 3.33. The fourth-order valence-corrected chi connectivity index (χ4v) is 3.46. The molecule has 0 saturated carbocycles. The fraction of sp³-hybridized carbons (Fsp3) is 0.333. The normalized spacial score (nSPS) is 14.0. The maximum absolute atomic E-state index is 5.85. The van der Waals surface area contributed by atoms with Gasteiger partial charge in [0.05, 0.1) is 27.2 Å². The Bertz CT molecular complexity index is 908. The number of methoxy groups -OCH3 is 2. The Morgan fingerprint density at radius 1 is 0.963 bits per heavy atom. The number of hydrogen-bond donors (Lipinski definition) is 0. The largest absolute Gasteiger partial charge is 0.493 e. The lowest BCUT2D eigenvalue weighted by Crippen LogP contribution is -2.30. The summed E-state index contributed by atoms with van der Waals surface area (Å²) in [6, 6.07) is 14.3. The summed E-state index contributed by atoms with van der Waals surface area (Å²) >= 11 is 0. The summed E-state index contributed by atoms with van der Waals surface area (Å²) in [4.78, 5) is 2.31. The van der Waals surface area contributed by atoms with E-state index in [2.05, 4.69) is 39.4 Å². The van der Waals surface area contributed by atoms with Gasteiger partial charge < -0.3 is 13.9 Å². The van der Waals surface area contributed by atoms with Crippen LogP contribution >= 0.6 is 0 Å². The quantitative estimate of drug-likeness (QED) is 0.668. The Morgan fingerprint density at radius 3 is 2.41 bits per heavy atom. The molecule has 6 heteroatoms. The van der Waals surface area contributed by atoms with Gasteiger partial charge in [-0.15, -0.1) is 10.2 Å². The molecule has 6 nitrogen and oxygen atoms in total. The fourth-order valence-electron chi connectivity index (χ4n) is 3.46. The van der Waals surface area contributed by atoms with Crippen molar-refractivity contribution in [3.8, 4) is 11.5 Å². The topological polar surface area (TPSA) is 60.6 Å². The van der Waals surface area contributed by atoms with Crippen LogP contribution in [0.4, 0.5) is 0 Å². The molecule has 2 heterocycles. The molecule has 27 heavy (non-hydrogen) atoms. The Morgan fingerprint density at radius 2 is 1.67 bits per heavy atom. The minimum absolute atomic E-state index is 0.648. The maximum Gasteiger partial charge on any atom is 0.230 e. The molecule has 0 bridgehead atoms. The van der Waals surface area contributed by atoms with E-state index in [1.165, 1.54) is 16.7 Å². The molecule has 4 rings (SSSR count). The van der Waals surface area contributed by atoms with Crippen LogP contribution in [0.2, 0.25) is 0 Å². The second kappa shape index (κ2) is 7.80. The van der Waals surface area contributed by atoms with Crippen molar-refractivity contribution in [3.63, 3.8) is 0 Å². The average Bonchev–Trinajstić information content (AvgIpc) is 3.14. The van der Waals surface area contributed by atoms with E-state index in [-0.39, 0.29) is 0 Å². The Hall–Kier alpha value is -2.86. The van der Waals surface area contributed by atoms with E-state index in [0.29, 0.717) is 24.7 Å². The summed E-state index contributed by atoms with van der Waals surface area (Å²) in [6.45, 7) is 2.42. The van der Waals surface area contributed by atoms with Crippen LogP contribution in [0.25, 0.3) is 0 Å². The van der Waals surface area contributed by atoms with Gasteiger partial charge in [-0.05, 0) is 35.2 Å². The molecule has 1 aliphatic heterocycles. The molecule has 1 aliphatic rings. The molecule has 3 aromatic rings. The Labute approximate surface area is 158 Å². The molecule has 0 atom stereocenters.